The molecule has 1 N–H and O–H groups in total. The number of ether oxygens (including phenoxy) is 1. The molecule has 3 aromatic carbocycles. The van der Waals surface area contributed by atoms with E-state index in [1.165, 1.54) is 48.9 Å². The zero-order valence-corrected chi connectivity index (χ0v) is 19.0. The monoisotopic (exact) mass is 463 g/mol. The van der Waals surface area contributed by atoms with E-state index in [0.29, 0.717) is 28.0 Å². The van der Waals surface area contributed by atoms with E-state index < -0.39 is 10.0 Å². The van der Waals surface area contributed by atoms with E-state index in [4.69, 9.17) is 4.74 Å². The second-order valence-electron chi connectivity index (χ2n) is 7.39. The van der Waals surface area contributed by atoms with Crippen molar-refractivity contribution < 1.29 is 17.9 Å². The molecule has 0 amide bonds. The summed E-state index contributed by atoms with van der Waals surface area (Å²) in [5, 5.41) is 0.473. The molecule has 0 aliphatic rings. The van der Waals surface area contributed by atoms with E-state index in [2.05, 4.69) is 9.71 Å². The van der Waals surface area contributed by atoms with Crippen LogP contribution in [0.2, 0.25) is 0 Å². The van der Waals surface area contributed by atoms with Gasteiger partial charge in [-0.15, -0.1) is 0 Å². The average molecular weight is 464 g/mol. The van der Waals surface area contributed by atoms with Gasteiger partial charge in [-0.2, -0.15) is 0 Å². The molecule has 0 atom stereocenters. The topological polar surface area (TPSA) is 107 Å². The van der Waals surface area contributed by atoms with Gasteiger partial charge in [0, 0.05) is 11.6 Å². The maximum Gasteiger partial charge on any atom is 0.265 e. The van der Waals surface area contributed by atoms with Crippen molar-refractivity contribution in [3.63, 3.8) is 0 Å². The van der Waals surface area contributed by atoms with Gasteiger partial charge in [-0.3, -0.25) is 18.9 Å². The largest absolute Gasteiger partial charge is 0.494 e. The molecular formula is C24H21N3O5S. The lowest BCUT2D eigenvalue weighted by molar-refractivity contribution is 0.101. The third-order valence-electron chi connectivity index (χ3n) is 5.20. The zero-order valence-electron chi connectivity index (χ0n) is 18.2. The van der Waals surface area contributed by atoms with Gasteiger partial charge in [0.15, 0.2) is 5.78 Å². The number of benzene rings is 3. The standard InChI is InChI=1S/C24H21N3O5S/c1-15(28)17-8-11-19(12-9-17)33(30,31)26-22-13-10-18(14-23(22)32-3)27-16(2)25-21-7-5-4-6-20(21)24(27)29/h4-14,26H,1-3H3. The van der Waals surface area contributed by atoms with Crippen molar-refractivity contribution in [1.29, 1.82) is 0 Å². The van der Waals surface area contributed by atoms with Crippen LogP contribution in [0, 0.1) is 6.92 Å². The Bertz CT molecular complexity index is 1540. The predicted octanol–water partition coefficient (Wildman–Crippen LogP) is 3.71. The number of fused-ring (bicyclic) bond motifs is 1. The molecule has 1 heterocycles. The average Bonchev–Trinajstić information content (AvgIpc) is 2.79. The summed E-state index contributed by atoms with van der Waals surface area (Å²) in [6.45, 7) is 3.13. The quantitative estimate of drug-likeness (QED) is 0.437. The first-order valence-corrected chi connectivity index (χ1v) is 11.5. The second kappa shape index (κ2) is 8.51. The normalized spacial score (nSPS) is 11.4. The molecule has 0 radical (unpaired) electrons. The van der Waals surface area contributed by atoms with Gasteiger partial charge in [0.05, 0.1) is 34.3 Å². The minimum absolute atomic E-state index is 0.00410. The second-order valence-corrected chi connectivity index (χ2v) is 9.07. The summed E-state index contributed by atoms with van der Waals surface area (Å²) < 4.78 is 35.0. The number of hydrogen-bond acceptors (Lipinski definition) is 6. The van der Waals surface area contributed by atoms with Crippen LogP contribution in [0.1, 0.15) is 23.1 Å². The van der Waals surface area contributed by atoms with E-state index in [-0.39, 0.29) is 27.7 Å². The van der Waals surface area contributed by atoms with Crippen molar-refractivity contribution in [1.82, 2.24) is 9.55 Å². The third kappa shape index (κ3) is 4.22. The lowest BCUT2D eigenvalue weighted by Gasteiger charge is -2.15. The number of ketones is 1. The van der Waals surface area contributed by atoms with Crippen molar-refractivity contribution in [2.24, 2.45) is 0 Å². The Hall–Kier alpha value is -3.98. The fraction of sp³-hybridized carbons (Fsp3) is 0.125. The number of rotatable bonds is 6. The third-order valence-corrected chi connectivity index (χ3v) is 6.58. The molecule has 33 heavy (non-hydrogen) atoms. The molecule has 8 nitrogen and oxygen atoms in total. The summed E-state index contributed by atoms with van der Waals surface area (Å²) in [5.41, 5.74) is 1.47. The molecule has 0 spiro atoms. The first kappa shape index (κ1) is 22.2. The van der Waals surface area contributed by atoms with Crippen LogP contribution < -0.4 is 15.0 Å². The van der Waals surface area contributed by atoms with Crippen LogP contribution in [0.15, 0.2) is 76.4 Å². The highest BCUT2D eigenvalue weighted by molar-refractivity contribution is 7.92. The predicted molar refractivity (Wildman–Crippen MR) is 126 cm³/mol. The van der Waals surface area contributed by atoms with Gasteiger partial charge in [-0.25, -0.2) is 13.4 Å². The van der Waals surface area contributed by atoms with Gasteiger partial charge in [0.1, 0.15) is 11.6 Å². The number of aryl methyl sites for hydroxylation is 1. The highest BCUT2D eigenvalue weighted by Gasteiger charge is 2.18. The number of para-hydroxylation sites is 1. The molecule has 0 fully saturated rings. The maximum atomic E-state index is 13.1. The molecule has 0 bridgehead atoms. The molecule has 4 aromatic rings. The Balaban J connectivity index is 1.73. The van der Waals surface area contributed by atoms with Crippen LogP contribution in [0.3, 0.4) is 0 Å². The first-order valence-electron chi connectivity index (χ1n) is 10.0. The van der Waals surface area contributed by atoms with E-state index >= 15 is 0 Å². The van der Waals surface area contributed by atoms with E-state index in [0.717, 1.165) is 0 Å². The van der Waals surface area contributed by atoms with Crippen LogP contribution in [0.4, 0.5) is 5.69 Å². The molecular weight excluding hydrogens is 442 g/mol. The van der Waals surface area contributed by atoms with Crippen LogP contribution in [0.25, 0.3) is 16.6 Å². The van der Waals surface area contributed by atoms with E-state index in [9.17, 15) is 18.0 Å². The smallest absolute Gasteiger partial charge is 0.265 e. The lowest BCUT2D eigenvalue weighted by Crippen LogP contribution is -2.22. The molecule has 0 saturated heterocycles. The number of anilines is 1. The molecule has 0 aliphatic carbocycles. The zero-order chi connectivity index (χ0) is 23.8. The minimum atomic E-state index is -3.93. The van der Waals surface area contributed by atoms with Crippen LogP contribution in [0.5, 0.6) is 5.75 Å². The number of carbonyl (C=O) groups excluding carboxylic acids is 1. The highest BCUT2D eigenvalue weighted by Crippen LogP contribution is 2.29. The van der Waals surface area contributed by atoms with E-state index in [1.54, 1.807) is 37.3 Å². The summed E-state index contributed by atoms with van der Waals surface area (Å²) in [6.07, 6.45) is 0. The number of nitrogens with zero attached hydrogens (tertiary/aromatic N) is 2. The summed E-state index contributed by atoms with van der Waals surface area (Å²) in [7, 11) is -2.52. The Morgan fingerprint density at radius 2 is 1.73 bits per heavy atom. The number of aromatic nitrogens is 2. The van der Waals surface area contributed by atoms with E-state index in [1.807, 2.05) is 6.07 Å². The minimum Gasteiger partial charge on any atom is -0.494 e. The Kier molecular flexibility index (Phi) is 5.73. The number of hydrogen-bond donors (Lipinski definition) is 1. The van der Waals surface area contributed by atoms with Crippen LogP contribution in [-0.2, 0) is 10.0 Å². The lowest BCUT2D eigenvalue weighted by atomic mass is 10.2. The summed E-state index contributed by atoms with van der Waals surface area (Å²) in [6, 6.07) is 17.4. The molecule has 0 saturated carbocycles. The Labute approximate surface area is 190 Å². The van der Waals surface area contributed by atoms with Crippen LogP contribution in [-0.4, -0.2) is 30.9 Å². The van der Waals surface area contributed by atoms with Gasteiger partial charge >= 0.3 is 0 Å². The van der Waals surface area contributed by atoms with Gasteiger partial charge < -0.3 is 4.74 Å². The number of sulfonamides is 1. The van der Waals surface area contributed by atoms with Crippen molar-refractivity contribution in [2.75, 3.05) is 11.8 Å². The Morgan fingerprint density at radius 3 is 2.39 bits per heavy atom. The van der Waals surface area contributed by atoms with Gasteiger partial charge in [0.2, 0.25) is 0 Å². The number of Topliss-reactive ketones (excluding diaryl/α,β-unsaturated/α-hetero) is 1. The van der Waals surface area contributed by atoms with Crippen molar-refractivity contribution in [3.8, 4) is 11.4 Å². The highest BCUT2D eigenvalue weighted by atomic mass is 32.2. The number of carbonyl (C=O) groups is 1. The molecule has 9 heteroatoms. The summed E-state index contributed by atoms with van der Waals surface area (Å²) in [5.74, 6) is 0.563. The van der Waals surface area contributed by atoms with Crippen molar-refractivity contribution in [2.45, 2.75) is 18.7 Å². The van der Waals surface area contributed by atoms with Gasteiger partial charge in [-0.1, -0.05) is 24.3 Å². The van der Waals surface area contributed by atoms with Gasteiger partial charge in [0.25, 0.3) is 15.6 Å². The molecule has 168 valence electrons. The summed E-state index contributed by atoms with van der Waals surface area (Å²) >= 11 is 0. The molecule has 4 rings (SSSR count). The SMILES string of the molecule is COc1cc(-n2c(C)nc3ccccc3c2=O)ccc1NS(=O)(=O)c1ccc(C(C)=O)cc1. The van der Waals surface area contributed by atoms with Crippen molar-refractivity contribution >= 4 is 32.4 Å². The number of methoxy groups -OCH3 is 1. The fourth-order valence-corrected chi connectivity index (χ4v) is 4.59. The fourth-order valence-electron chi connectivity index (χ4n) is 3.52. The van der Waals surface area contributed by atoms with Gasteiger partial charge in [-0.05, 0) is 50.2 Å². The molecule has 0 aliphatic heterocycles. The van der Waals surface area contributed by atoms with Crippen LogP contribution >= 0.6 is 0 Å². The Morgan fingerprint density at radius 1 is 1.03 bits per heavy atom. The molecule has 1 aromatic heterocycles. The van der Waals surface area contributed by atoms with Crippen molar-refractivity contribution in [3.05, 3.63) is 88.5 Å². The summed E-state index contributed by atoms with van der Waals surface area (Å²) in [4.78, 5) is 29.0. The molecule has 0 unspecified atom stereocenters. The first-order chi connectivity index (χ1) is 15.7. The maximum absolute atomic E-state index is 13.1. The number of nitrogens with one attached hydrogen (secondary N) is 1.